The van der Waals surface area contributed by atoms with Gasteiger partial charge in [-0.2, -0.15) is 0 Å². The van der Waals surface area contributed by atoms with Crippen molar-refractivity contribution in [3.63, 3.8) is 0 Å². The second kappa shape index (κ2) is 7.53. The van der Waals surface area contributed by atoms with Crippen LogP contribution in [-0.4, -0.2) is 65.9 Å². The molecule has 1 saturated heterocycles. The van der Waals surface area contributed by atoms with Crippen molar-refractivity contribution in [2.75, 3.05) is 45.9 Å². The maximum absolute atomic E-state index is 5.65. The Labute approximate surface area is 129 Å². The van der Waals surface area contributed by atoms with E-state index >= 15 is 0 Å². The van der Waals surface area contributed by atoms with Crippen LogP contribution in [-0.2, 0) is 11.3 Å². The van der Waals surface area contributed by atoms with E-state index in [-0.39, 0.29) is 0 Å². The third kappa shape index (κ3) is 3.94. The summed E-state index contributed by atoms with van der Waals surface area (Å²) in [4.78, 5) is 4.75. The molecule has 22 heavy (non-hydrogen) atoms. The van der Waals surface area contributed by atoms with Gasteiger partial charge in [-0.05, 0) is 19.1 Å². The monoisotopic (exact) mass is 306 g/mol. The average molecular weight is 306 g/mol. The highest BCUT2D eigenvalue weighted by molar-refractivity contribution is 5.42. The summed E-state index contributed by atoms with van der Waals surface area (Å²) in [6, 6.07) is 3.62. The summed E-state index contributed by atoms with van der Waals surface area (Å²) in [5.41, 5.74) is 0. The number of furan rings is 1. The maximum Gasteiger partial charge on any atom is 0.283 e. The molecule has 0 N–H and O–H groups in total. The maximum atomic E-state index is 5.65. The van der Waals surface area contributed by atoms with Crippen LogP contribution in [0.3, 0.4) is 0 Å². The van der Waals surface area contributed by atoms with Crippen molar-refractivity contribution in [2.45, 2.75) is 13.5 Å². The van der Waals surface area contributed by atoms with E-state index in [1.165, 1.54) is 0 Å². The van der Waals surface area contributed by atoms with Crippen LogP contribution < -0.4 is 0 Å². The molecule has 7 heteroatoms. The zero-order valence-electron chi connectivity index (χ0n) is 12.9. The van der Waals surface area contributed by atoms with Gasteiger partial charge in [0, 0.05) is 39.3 Å². The number of piperazine rings is 1. The Kier molecular flexibility index (Phi) is 5.20. The van der Waals surface area contributed by atoms with E-state index in [1.54, 1.807) is 12.3 Å². The molecule has 2 aromatic heterocycles. The van der Waals surface area contributed by atoms with Gasteiger partial charge < -0.3 is 13.6 Å². The summed E-state index contributed by atoms with van der Waals surface area (Å²) in [5.74, 6) is 1.68. The minimum atomic E-state index is 0.440. The molecule has 0 saturated carbocycles. The minimum Gasteiger partial charge on any atom is -0.459 e. The summed E-state index contributed by atoms with van der Waals surface area (Å²) >= 11 is 0. The van der Waals surface area contributed by atoms with E-state index in [0.717, 1.165) is 45.9 Å². The van der Waals surface area contributed by atoms with E-state index in [0.29, 0.717) is 24.1 Å². The second-order valence-electron chi connectivity index (χ2n) is 5.29. The molecule has 0 radical (unpaired) electrons. The molecular weight excluding hydrogens is 284 g/mol. The zero-order chi connectivity index (χ0) is 15.2. The molecule has 3 rings (SSSR count). The van der Waals surface area contributed by atoms with E-state index in [4.69, 9.17) is 13.6 Å². The van der Waals surface area contributed by atoms with Gasteiger partial charge >= 0.3 is 0 Å². The zero-order valence-corrected chi connectivity index (χ0v) is 12.9. The summed E-state index contributed by atoms with van der Waals surface area (Å²) in [7, 11) is 0. The van der Waals surface area contributed by atoms with Crippen molar-refractivity contribution >= 4 is 0 Å². The van der Waals surface area contributed by atoms with E-state index in [2.05, 4.69) is 20.0 Å². The highest BCUT2D eigenvalue weighted by Gasteiger charge is 2.19. The predicted molar refractivity (Wildman–Crippen MR) is 80.2 cm³/mol. The first-order valence-corrected chi connectivity index (χ1v) is 7.74. The number of ether oxygens (including phenoxy) is 1. The molecule has 1 aliphatic heterocycles. The van der Waals surface area contributed by atoms with Crippen molar-refractivity contribution in [3.8, 4) is 11.7 Å². The van der Waals surface area contributed by atoms with Crippen LogP contribution in [0, 0.1) is 0 Å². The van der Waals surface area contributed by atoms with E-state index in [1.807, 2.05) is 13.0 Å². The fraction of sp³-hybridized carbons (Fsp3) is 0.600. The van der Waals surface area contributed by atoms with Gasteiger partial charge in [-0.15, -0.1) is 10.2 Å². The smallest absolute Gasteiger partial charge is 0.283 e. The molecule has 3 heterocycles. The van der Waals surface area contributed by atoms with Crippen LogP contribution in [0.4, 0.5) is 0 Å². The topological polar surface area (TPSA) is 67.8 Å². The first kappa shape index (κ1) is 15.2. The number of rotatable bonds is 7. The minimum absolute atomic E-state index is 0.440. The fourth-order valence-electron chi connectivity index (χ4n) is 2.52. The van der Waals surface area contributed by atoms with Crippen LogP contribution >= 0.6 is 0 Å². The average Bonchev–Trinajstić information content (AvgIpc) is 3.20. The third-order valence-electron chi connectivity index (χ3n) is 3.78. The second-order valence-corrected chi connectivity index (χ2v) is 5.29. The molecule has 120 valence electrons. The molecule has 2 aromatic rings. The van der Waals surface area contributed by atoms with Gasteiger partial charge in [0.15, 0.2) is 5.76 Å². The Morgan fingerprint density at radius 3 is 2.73 bits per heavy atom. The molecule has 0 amide bonds. The fourth-order valence-corrected chi connectivity index (χ4v) is 2.52. The van der Waals surface area contributed by atoms with Crippen molar-refractivity contribution in [3.05, 3.63) is 24.3 Å². The van der Waals surface area contributed by atoms with Crippen LogP contribution in [0.5, 0.6) is 0 Å². The Balaban J connectivity index is 1.45. The lowest BCUT2D eigenvalue weighted by atomic mass is 10.3. The van der Waals surface area contributed by atoms with Gasteiger partial charge in [0.05, 0.1) is 19.4 Å². The SMILES string of the molecule is CCOCCN1CCN(Cc2nnc(-c3ccco3)o2)CC1. The quantitative estimate of drug-likeness (QED) is 0.718. The Morgan fingerprint density at radius 2 is 2.00 bits per heavy atom. The molecule has 0 unspecified atom stereocenters. The molecule has 0 aliphatic carbocycles. The van der Waals surface area contributed by atoms with Gasteiger partial charge in [0.1, 0.15) is 0 Å². The summed E-state index contributed by atoms with van der Waals surface area (Å²) < 4.78 is 16.3. The first-order valence-electron chi connectivity index (χ1n) is 7.74. The Morgan fingerprint density at radius 1 is 1.18 bits per heavy atom. The molecule has 0 bridgehead atoms. The molecule has 7 nitrogen and oxygen atoms in total. The van der Waals surface area contributed by atoms with Crippen molar-refractivity contribution in [1.82, 2.24) is 20.0 Å². The highest BCUT2D eigenvalue weighted by Crippen LogP contribution is 2.18. The van der Waals surface area contributed by atoms with Gasteiger partial charge in [-0.25, -0.2) is 0 Å². The van der Waals surface area contributed by atoms with E-state index < -0.39 is 0 Å². The van der Waals surface area contributed by atoms with E-state index in [9.17, 15) is 0 Å². The van der Waals surface area contributed by atoms with Crippen molar-refractivity contribution in [1.29, 1.82) is 0 Å². The standard InChI is InChI=1S/C15H22N4O3/c1-2-20-11-9-18-5-7-19(8-6-18)12-14-16-17-15(22-14)13-4-3-10-21-13/h3-4,10H,2,5-9,11-12H2,1H3. The van der Waals surface area contributed by atoms with Gasteiger partial charge in [0.2, 0.25) is 5.89 Å². The summed E-state index contributed by atoms with van der Waals surface area (Å²) in [6.07, 6.45) is 1.60. The summed E-state index contributed by atoms with van der Waals surface area (Å²) in [5, 5.41) is 8.12. The van der Waals surface area contributed by atoms with Crippen LogP contribution in [0.2, 0.25) is 0 Å². The predicted octanol–water partition coefficient (Wildman–Crippen LogP) is 1.48. The molecule has 1 fully saturated rings. The van der Waals surface area contributed by atoms with Crippen LogP contribution in [0.25, 0.3) is 11.7 Å². The number of hydrogen-bond donors (Lipinski definition) is 0. The van der Waals surface area contributed by atoms with Gasteiger partial charge in [0.25, 0.3) is 5.89 Å². The molecule has 1 aliphatic rings. The first-order chi connectivity index (χ1) is 10.8. The number of hydrogen-bond acceptors (Lipinski definition) is 7. The lowest BCUT2D eigenvalue weighted by Crippen LogP contribution is -2.46. The molecular formula is C15H22N4O3. The molecule has 0 aromatic carbocycles. The van der Waals surface area contributed by atoms with Gasteiger partial charge in [-0.3, -0.25) is 9.80 Å². The van der Waals surface area contributed by atoms with Gasteiger partial charge in [-0.1, -0.05) is 0 Å². The van der Waals surface area contributed by atoms with Crippen LogP contribution in [0.1, 0.15) is 12.8 Å². The largest absolute Gasteiger partial charge is 0.459 e. The third-order valence-corrected chi connectivity index (χ3v) is 3.78. The van der Waals surface area contributed by atoms with Crippen LogP contribution in [0.15, 0.2) is 27.2 Å². The highest BCUT2D eigenvalue weighted by atomic mass is 16.5. The Hall–Kier alpha value is -1.70. The lowest BCUT2D eigenvalue weighted by Gasteiger charge is -2.33. The Bertz CT molecular complexity index is 547. The number of aromatic nitrogens is 2. The lowest BCUT2D eigenvalue weighted by molar-refractivity contribution is 0.0757. The number of nitrogens with zero attached hydrogens (tertiary/aromatic N) is 4. The van der Waals surface area contributed by atoms with Crippen molar-refractivity contribution < 1.29 is 13.6 Å². The molecule has 0 atom stereocenters. The normalized spacial score (nSPS) is 17.1. The van der Waals surface area contributed by atoms with Crippen molar-refractivity contribution in [2.24, 2.45) is 0 Å². The summed E-state index contributed by atoms with van der Waals surface area (Å²) in [6.45, 7) is 9.42. The molecule has 0 spiro atoms.